The molecule has 0 aromatic heterocycles. The third kappa shape index (κ3) is 2.12. The first kappa shape index (κ1) is 10.4. The van der Waals surface area contributed by atoms with Gasteiger partial charge in [0.05, 0.1) is 12.1 Å². The highest BCUT2D eigenvalue weighted by atomic mass is 19.1. The van der Waals surface area contributed by atoms with Crippen LogP contribution < -0.4 is 5.32 Å². The van der Waals surface area contributed by atoms with Crippen LogP contribution in [0.3, 0.4) is 0 Å². The van der Waals surface area contributed by atoms with Crippen LogP contribution >= 0.6 is 0 Å². The number of anilines is 1. The second-order valence-electron chi connectivity index (χ2n) is 4.59. The fourth-order valence-corrected chi connectivity index (χ4v) is 2.42. The number of benzene rings is 1. The summed E-state index contributed by atoms with van der Waals surface area (Å²) in [5, 5.41) is 12.6. The van der Waals surface area contributed by atoms with E-state index >= 15 is 0 Å². The number of aliphatic hydroxyl groups is 1. The summed E-state index contributed by atoms with van der Waals surface area (Å²) < 4.78 is 12.9. The van der Waals surface area contributed by atoms with E-state index < -0.39 is 0 Å². The summed E-state index contributed by atoms with van der Waals surface area (Å²) in [6.07, 6.45) is 1.89. The maximum Gasteiger partial charge on any atom is 0.125 e. The normalized spacial score (nSPS) is 29.7. The molecule has 0 heterocycles. The first-order valence-electron chi connectivity index (χ1n) is 5.28. The zero-order valence-corrected chi connectivity index (χ0v) is 8.83. The van der Waals surface area contributed by atoms with E-state index in [-0.39, 0.29) is 18.0 Å². The Balaban J connectivity index is 2.07. The lowest BCUT2D eigenvalue weighted by Crippen LogP contribution is -2.52. The molecule has 1 aliphatic rings. The van der Waals surface area contributed by atoms with Gasteiger partial charge < -0.3 is 10.4 Å². The number of hydrogen-bond donors (Lipinski definition) is 2. The molecule has 0 unspecified atom stereocenters. The van der Waals surface area contributed by atoms with Gasteiger partial charge in [0.15, 0.2) is 0 Å². The van der Waals surface area contributed by atoms with E-state index in [9.17, 15) is 9.50 Å². The maximum absolute atomic E-state index is 12.9. The van der Waals surface area contributed by atoms with E-state index in [2.05, 4.69) is 12.2 Å². The Hall–Kier alpha value is -1.09. The number of halogens is 1. The van der Waals surface area contributed by atoms with Crippen molar-refractivity contribution in [3.8, 4) is 0 Å². The van der Waals surface area contributed by atoms with E-state index in [0.717, 1.165) is 18.5 Å². The van der Waals surface area contributed by atoms with Gasteiger partial charge in [0.2, 0.25) is 0 Å². The van der Waals surface area contributed by atoms with E-state index in [1.54, 1.807) is 6.07 Å². The molecule has 0 atom stereocenters. The summed E-state index contributed by atoms with van der Waals surface area (Å²) in [7, 11) is 0. The zero-order valence-electron chi connectivity index (χ0n) is 8.83. The molecule has 82 valence electrons. The fourth-order valence-electron chi connectivity index (χ4n) is 2.42. The van der Waals surface area contributed by atoms with Gasteiger partial charge in [-0.15, -0.1) is 0 Å². The molecule has 3 heteroatoms. The lowest BCUT2D eigenvalue weighted by atomic mass is 9.69. The van der Waals surface area contributed by atoms with Gasteiger partial charge >= 0.3 is 0 Å². The molecular weight excluding hydrogens is 193 g/mol. The van der Waals surface area contributed by atoms with Gasteiger partial charge in [-0.3, -0.25) is 0 Å². The van der Waals surface area contributed by atoms with Crippen LogP contribution in [0.1, 0.15) is 19.8 Å². The van der Waals surface area contributed by atoms with Crippen molar-refractivity contribution in [2.75, 3.05) is 11.9 Å². The molecule has 15 heavy (non-hydrogen) atoms. The third-order valence-corrected chi connectivity index (χ3v) is 3.02. The molecule has 0 radical (unpaired) electrons. The van der Waals surface area contributed by atoms with Crippen molar-refractivity contribution in [2.45, 2.75) is 25.3 Å². The number of nitrogens with one attached hydrogen (secondary N) is 1. The summed E-state index contributed by atoms with van der Waals surface area (Å²) in [5.74, 6) is 0.388. The Labute approximate surface area is 89.1 Å². The second-order valence-corrected chi connectivity index (χ2v) is 4.59. The van der Waals surface area contributed by atoms with Gasteiger partial charge in [-0.2, -0.15) is 0 Å². The quantitative estimate of drug-likeness (QED) is 0.801. The number of hydrogen-bond acceptors (Lipinski definition) is 2. The standard InChI is InChI=1S/C12H16FNO/c1-9-6-12(7-9,8-15)14-11-4-2-3-10(13)5-11/h2-5,9,14-15H,6-8H2,1H3. The SMILES string of the molecule is CC1CC(CO)(Nc2cccc(F)c2)C1. The van der Waals surface area contributed by atoms with Crippen molar-refractivity contribution < 1.29 is 9.50 Å². The minimum absolute atomic E-state index is 0.105. The molecule has 0 saturated heterocycles. The average molecular weight is 209 g/mol. The van der Waals surface area contributed by atoms with Crippen LogP contribution in [-0.2, 0) is 0 Å². The van der Waals surface area contributed by atoms with Crippen LogP contribution in [0.2, 0.25) is 0 Å². The Bertz CT molecular complexity index is 347. The summed E-state index contributed by atoms with van der Waals surface area (Å²) in [4.78, 5) is 0. The maximum atomic E-state index is 12.9. The molecule has 1 aromatic carbocycles. The van der Waals surface area contributed by atoms with Crippen molar-refractivity contribution in [2.24, 2.45) is 5.92 Å². The third-order valence-electron chi connectivity index (χ3n) is 3.02. The Morgan fingerprint density at radius 1 is 1.53 bits per heavy atom. The highest BCUT2D eigenvalue weighted by molar-refractivity contribution is 5.46. The summed E-state index contributed by atoms with van der Waals surface area (Å²) in [6.45, 7) is 2.26. The minimum atomic E-state index is -0.250. The monoisotopic (exact) mass is 209 g/mol. The van der Waals surface area contributed by atoms with Gasteiger partial charge in [-0.1, -0.05) is 13.0 Å². The summed E-state index contributed by atoms with van der Waals surface area (Å²) >= 11 is 0. The van der Waals surface area contributed by atoms with E-state index in [4.69, 9.17) is 0 Å². The molecule has 2 nitrogen and oxygen atoms in total. The molecule has 1 fully saturated rings. The van der Waals surface area contributed by atoms with Gasteiger partial charge in [0.25, 0.3) is 0 Å². The van der Waals surface area contributed by atoms with Crippen LogP contribution in [0.15, 0.2) is 24.3 Å². The topological polar surface area (TPSA) is 32.3 Å². The summed E-state index contributed by atoms with van der Waals surface area (Å²) in [5.41, 5.74) is 0.517. The van der Waals surface area contributed by atoms with Crippen molar-refractivity contribution >= 4 is 5.69 Å². The average Bonchev–Trinajstić information content (AvgIpc) is 2.15. The number of aliphatic hydroxyl groups excluding tert-OH is 1. The highest BCUT2D eigenvalue weighted by Crippen LogP contribution is 2.39. The predicted octanol–water partition coefficient (Wildman–Crippen LogP) is 2.40. The van der Waals surface area contributed by atoms with Gasteiger partial charge in [-0.25, -0.2) is 4.39 Å². The van der Waals surface area contributed by atoms with Crippen molar-refractivity contribution in [3.63, 3.8) is 0 Å². The molecule has 1 aromatic rings. The van der Waals surface area contributed by atoms with E-state index in [1.165, 1.54) is 12.1 Å². The molecule has 0 aliphatic heterocycles. The van der Waals surface area contributed by atoms with Gasteiger partial charge in [0.1, 0.15) is 5.82 Å². The predicted molar refractivity (Wildman–Crippen MR) is 58.2 cm³/mol. The fraction of sp³-hybridized carbons (Fsp3) is 0.500. The van der Waals surface area contributed by atoms with Crippen molar-refractivity contribution in [1.82, 2.24) is 0 Å². The van der Waals surface area contributed by atoms with Crippen molar-refractivity contribution in [1.29, 1.82) is 0 Å². The second kappa shape index (κ2) is 3.81. The highest BCUT2D eigenvalue weighted by Gasteiger charge is 2.41. The van der Waals surface area contributed by atoms with Crippen LogP contribution in [-0.4, -0.2) is 17.3 Å². The van der Waals surface area contributed by atoms with Crippen LogP contribution in [0.4, 0.5) is 10.1 Å². The molecule has 2 N–H and O–H groups in total. The van der Waals surface area contributed by atoms with Gasteiger partial charge in [0, 0.05) is 5.69 Å². The molecule has 0 amide bonds. The Kier molecular flexibility index (Phi) is 2.65. The van der Waals surface area contributed by atoms with Crippen LogP contribution in [0, 0.1) is 11.7 Å². The van der Waals surface area contributed by atoms with E-state index in [1.807, 2.05) is 6.07 Å². The Morgan fingerprint density at radius 3 is 2.80 bits per heavy atom. The molecule has 0 spiro atoms. The first-order chi connectivity index (χ1) is 7.13. The lowest BCUT2D eigenvalue weighted by Gasteiger charge is -2.46. The molecule has 1 aliphatic carbocycles. The van der Waals surface area contributed by atoms with Crippen LogP contribution in [0.5, 0.6) is 0 Å². The van der Waals surface area contributed by atoms with Crippen molar-refractivity contribution in [3.05, 3.63) is 30.1 Å². The van der Waals surface area contributed by atoms with Crippen LogP contribution in [0.25, 0.3) is 0 Å². The molecular formula is C12H16FNO. The molecule has 2 rings (SSSR count). The van der Waals surface area contributed by atoms with Gasteiger partial charge in [-0.05, 0) is 37.0 Å². The van der Waals surface area contributed by atoms with E-state index in [0.29, 0.717) is 5.92 Å². The molecule has 1 saturated carbocycles. The Morgan fingerprint density at radius 2 is 2.27 bits per heavy atom. The zero-order chi connectivity index (χ0) is 10.9. The lowest BCUT2D eigenvalue weighted by molar-refractivity contribution is 0.0992. The molecule has 0 bridgehead atoms. The largest absolute Gasteiger partial charge is 0.394 e. The smallest absolute Gasteiger partial charge is 0.125 e. The summed E-state index contributed by atoms with van der Waals surface area (Å²) in [6, 6.07) is 6.37. The number of rotatable bonds is 3. The first-order valence-corrected chi connectivity index (χ1v) is 5.28. The minimum Gasteiger partial charge on any atom is -0.394 e.